The third-order valence-electron chi connectivity index (χ3n) is 4.30. The van der Waals surface area contributed by atoms with Crippen LogP contribution in [0.4, 0.5) is 4.39 Å². The van der Waals surface area contributed by atoms with Gasteiger partial charge in [0.05, 0.1) is 6.54 Å². The third-order valence-corrected chi connectivity index (χ3v) is 4.30. The second-order valence-electron chi connectivity index (χ2n) is 6.45. The summed E-state index contributed by atoms with van der Waals surface area (Å²) >= 11 is 0. The molecule has 0 bridgehead atoms. The van der Waals surface area contributed by atoms with E-state index in [2.05, 4.69) is 15.6 Å². The van der Waals surface area contributed by atoms with Crippen molar-refractivity contribution in [2.24, 2.45) is 4.99 Å². The van der Waals surface area contributed by atoms with Crippen LogP contribution in [0.1, 0.15) is 31.7 Å². The Morgan fingerprint density at radius 3 is 2.67 bits per heavy atom. The summed E-state index contributed by atoms with van der Waals surface area (Å²) < 4.78 is 13.5. The number of carbonyl (C=O) groups is 1. The minimum atomic E-state index is -0.199. The molecule has 6 heteroatoms. The van der Waals surface area contributed by atoms with E-state index in [-0.39, 0.29) is 17.1 Å². The maximum atomic E-state index is 13.5. The molecule has 0 aliphatic heterocycles. The molecule has 0 saturated heterocycles. The topological polar surface area (TPSA) is 56.7 Å². The van der Waals surface area contributed by atoms with Crippen LogP contribution in [0.2, 0.25) is 0 Å². The second kappa shape index (κ2) is 8.13. The molecule has 0 unspecified atom stereocenters. The van der Waals surface area contributed by atoms with Gasteiger partial charge in [0.2, 0.25) is 5.91 Å². The monoisotopic (exact) mass is 334 g/mol. The van der Waals surface area contributed by atoms with Gasteiger partial charge in [0.1, 0.15) is 5.82 Å². The molecule has 132 valence electrons. The van der Waals surface area contributed by atoms with Gasteiger partial charge in [0, 0.05) is 39.0 Å². The fraction of sp³-hybridized carbons (Fsp3) is 0.556. The molecule has 0 aromatic heterocycles. The molecule has 1 aliphatic carbocycles. The molecule has 0 heterocycles. The van der Waals surface area contributed by atoms with E-state index >= 15 is 0 Å². The van der Waals surface area contributed by atoms with Crippen molar-refractivity contribution in [3.05, 3.63) is 35.6 Å². The predicted octanol–water partition coefficient (Wildman–Crippen LogP) is 1.89. The number of carbonyl (C=O) groups excluding carboxylic acids is 1. The summed E-state index contributed by atoms with van der Waals surface area (Å²) in [6.45, 7) is 3.91. The summed E-state index contributed by atoms with van der Waals surface area (Å²) in [5.74, 6) is 0.582. The summed E-state index contributed by atoms with van der Waals surface area (Å²) in [6, 6.07) is 6.81. The lowest BCUT2D eigenvalue weighted by Crippen LogP contribution is -2.39. The van der Waals surface area contributed by atoms with Crippen LogP contribution in [0.5, 0.6) is 0 Å². The molecule has 1 fully saturated rings. The molecule has 1 aromatic carbocycles. The SMILES string of the molecule is CCNC(=NCC1(c2cccc(F)c2)CC1)NCCC(=O)N(C)C. The Hall–Kier alpha value is -2.11. The maximum Gasteiger partial charge on any atom is 0.223 e. The molecule has 0 atom stereocenters. The van der Waals surface area contributed by atoms with Crippen LogP contribution in [0, 0.1) is 5.82 Å². The van der Waals surface area contributed by atoms with Crippen LogP contribution in [-0.4, -0.2) is 50.5 Å². The fourth-order valence-electron chi connectivity index (χ4n) is 2.59. The number of guanidine groups is 1. The van der Waals surface area contributed by atoms with E-state index in [0.29, 0.717) is 25.5 Å². The van der Waals surface area contributed by atoms with E-state index in [1.54, 1.807) is 31.1 Å². The summed E-state index contributed by atoms with van der Waals surface area (Å²) in [4.78, 5) is 17.8. The van der Waals surface area contributed by atoms with Crippen LogP contribution < -0.4 is 10.6 Å². The van der Waals surface area contributed by atoms with Gasteiger partial charge in [-0.1, -0.05) is 12.1 Å². The number of halogens is 1. The van der Waals surface area contributed by atoms with Gasteiger partial charge in [0.25, 0.3) is 0 Å². The highest BCUT2D eigenvalue weighted by Crippen LogP contribution is 2.48. The highest BCUT2D eigenvalue weighted by atomic mass is 19.1. The Morgan fingerprint density at radius 2 is 2.08 bits per heavy atom. The van der Waals surface area contributed by atoms with E-state index in [4.69, 9.17) is 0 Å². The van der Waals surface area contributed by atoms with E-state index in [1.807, 2.05) is 13.0 Å². The van der Waals surface area contributed by atoms with Crippen molar-refractivity contribution in [1.29, 1.82) is 0 Å². The fourth-order valence-corrected chi connectivity index (χ4v) is 2.59. The Kier molecular flexibility index (Phi) is 6.17. The number of benzene rings is 1. The van der Waals surface area contributed by atoms with Crippen LogP contribution in [0.3, 0.4) is 0 Å². The van der Waals surface area contributed by atoms with Gasteiger partial charge in [0.15, 0.2) is 5.96 Å². The first kappa shape index (κ1) is 18.2. The van der Waals surface area contributed by atoms with Crippen LogP contribution in [-0.2, 0) is 10.2 Å². The smallest absolute Gasteiger partial charge is 0.223 e. The lowest BCUT2D eigenvalue weighted by atomic mass is 9.96. The number of hydrogen-bond donors (Lipinski definition) is 2. The van der Waals surface area contributed by atoms with Gasteiger partial charge in [-0.25, -0.2) is 4.39 Å². The van der Waals surface area contributed by atoms with E-state index in [1.165, 1.54) is 6.07 Å². The van der Waals surface area contributed by atoms with E-state index in [0.717, 1.165) is 24.9 Å². The third kappa shape index (κ3) is 4.94. The first-order valence-electron chi connectivity index (χ1n) is 8.45. The molecule has 0 radical (unpaired) electrons. The Bertz CT molecular complexity index is 596. The number of nitrogens with zero attached hydrogens (tertiary/aromatic N) is 2. The second-order valence-corrected chi connectivity index (χ2v) is 6.45. The largest absolute Gasteiger partial charge is 0.357 e. The Labute approximate surface area is 143 Å². The zero-order chi connectivity index (χ0) is 17.6. The van der Waals surface area contributed by atoms with Crippen molar-refractivity contribution in [2.45, 2.75) is 31.6 Å². The van der Waals surface area contributed by atoms with Crippen molar-refractivity contribution < 1.29 is 9.18 Å². The standard InChI is InChI=1S/C18H27FN4O/c1-4-20-17(21-11-8-16(24)23(2)3)22-13-18(9-10-18)14-6-5-7-15(19)12-14/h5-7,12H,4,8-11,13H2,1-3H3,(H2,20,21,22). The Balaban J connectivity index is 1.94. The summed E-state index contributed by atoms with van der Waals surface area (Å²) in [5, 5.41) is 6.38. The predicted molar refractivity (Wildman–Crippen MR) is 94.6 cm³/mol. The minimum absolute atomic E-state index is 0.0378. The highest BCUT2D eigenvalue weighted by molar-refractivity contribution is 5.81. The molecule has 1 aliphatic rings. The summed E-state index contributed by atoms with van der Waals surface area (Å²) in [7, 11) is 3.49. The molecular weight excluding hydrogens is 307 g/mol. The molecule has 1 saturated carbocycles. The average molecular weight is 334 g/mol. The number of aliphatic imine (C=N–C) groups is 1. The number of hydrogen-bond acceptors (Lipinski definition) is 2. The number of nitrogens with one attached hydrogen (secondary N) is 2. The van der Waals surface area contributed by atoms with Crippen molar-refractivity contribution in [1.82, 2.24) is 15.5 Å². The summed E-state index contributed by atoms with van der Waals surface area (Å²) in [5.41, 5.74) is 0.981. The number of amides is 1. The van der Waals surface area contributed by atoms with Gasteiger partial charge in [-0.2, -0.15) is 0 Å². The molecular formula is C18H27FN4O. The first-order chi connectivity index (χ1) is 11.5. The van der Waals surface area contributed by atoms with Gasteiger partial charge in [-0.05, 0) is 37.5 Å². The van der Waals surface area contributed by atoms with Gasteiger partial charge < -0.3 is 15.5 Å². The van der Waals surface area contributed by atoms with Crippen LogP contribution in [0.25, 0.3) is 0 Å². The Morgan fingerprint density at radius 1 is 1.33 bits per heavy atom. The molecule has 2 rings (SSSR count). The normalized spacial score (nSPS) is 15.8. The summed E-state index contributed by atoms with van der Waals surface area (Å²) in [6.07, 6.45) is 2.48. The first-order valence-corrected chi connectivity index (χ1v) is 8.45. The quantitative estimate of drug-likeness (QED) is 0.591. The van der Waals surface area contributed by atoms with E-state index in [9.17, 15) is 9.18 Å². The van der Waals surface area contributed by atoms with E-state index < -0.39 is 0 Å². The van der Waals surface area contributed by atoms with Gasteiger partial charge >= 0.3 is 0 Å². The maximum absolute atomic E-state index is 13.5. The number of rotatable bonds is 7. The van der Waals surface area contributed by atoms with Crippen LogP contribution in [0.15, 0.2) is 29.3 Å². The highest BCUT2D eigenvalue weighted by Gasteiger charge is 2.44. The van der Waals surface area contributed by atoms with Gasteiger partial charge in [-0.3, -0.25) is 9.79 Å². The zero-order valence-electron chi connectivity index (χ0n) is 14.7. The van der Waals surface area contributed by atoms with Gasteiger partial charge in [-0.15, -0.1) is 0 Å². The lowest BCUT2D eigenvalue weighted by Gasteiger charge is -2.16. The van der Waals surface area contributed by atoms with Crippen molar-refractivity contribution in [2.75, 3.05) is 33.7 Å². The van der Waals surface area contributed by atoms with Crippen molar-refractivity contribution in [3.8, 4) is 0 Å². The average Bonchev–Trinajstić information content (AvgIpc) is 3.33. The molecule has 5 nitrogen and oxygen atoms in total. The molecule has 24 heavy (non-hydrogen) atoms. The molecule has 1 amide bonds. The molecule has 2 N–H and O–H groups in total. The molecule has 0 spiro atoms. The van der Waals surface area contributed by atoms with Crippen molar-refractivity contribution >= 4 is 11.9 Å². The molecule has 1 aromatic rings. The van der Waals surface area contributed by atoms with Crippen molar-refractivity contribution in [3.63, 3.8) is 0 Å². The lowest BCUT2D eigenvalue weighted by molar-refractivity contribution is -0.128. The zero-order valence-corrected chi connectivity index (χ0v) is 14.7. The van der Waals surface area contributed by atoms with Crippen LogP contribution >= 0.6 is 0 Å². The minimum Gasteiger partial charge on any atom is -0.357 e.